The second kappa shape index (κ2) is 3.80. The average molecular weight is 244 g/mol. The summed E-state index contributed by atoms with van der Waals surface area (Å²) >= 11 is 1.81. The molecule has 1 saturated heterocycles. The molecule has 0 saturated carbocycles. The van der Waals surface area contributed by atoms with E-state index in [4.69, 9.17) is 0 Å². The first kappa shape index (κ1) is 10.1. The molecule has 0 aliphatic carbocycles. The zero-order valence-electron chi connectivity index (χ0n) is 9.78. The second-order valence-corrected chi connectivity index (χ2v) is 5.80. The minimum absolute atomic E-state index is 0.608. The van der Waals surface area contributed by atoms with Gasteiger partial charge in [0, 0.05) is 32.2 Å². The molecule has 2 nitrogen and oxygen atoms in total. The molecule has 88 valence electrons. The number of nitrogens with one attached hydrogen (secondary N) is 1. The summed E-state index contributed by atoms with van der Waals surface area (Å²) in [5.74, 6) is 0. The molecule has 17 heavy (non-hydrogen) atoms. The largest absolute Gasteiger partial charge is 0.314 e. The molecule has 1 atom stereocenters. The lowest BCUT2D eigenvalue weighted by atomic mass is 9.90. The van der Waals surface area contributed by atoms with E-state index in [1.54, 1.807) is 11.1 Å². The van der Waals surface area contributed by atoms with Crippen molar-refractivity contribution in [2.75, 3.05) is 26.2 Å². The number of rotatable bonds is 0. The number of hydrogen-bond acceptors (Lipinski definition) is 3. The van der Waals surface area contributed by atoms with Gasteiger partial charge >= 0.3 is 0 Å². The summed E-state index contributed by atoms with van der Waals surface area (Å²) in [5, 5.41) is 10.9. The van der Waals surface area contributed by atoms with E-state index in [0.717, 1.165) is 13.1 Å². The van der Waals surface area contributed by atoms with Gasteiger partial charge in [-0.15, -0.1) is 0 Å². The third kappa shape index (κ3) is 1.53. The Morgan fingerprint density at radius 2 is 2.06 bits per heavy atom. The van der Waals surface area contributed by atoms with Crippen molar-refractivity contribution in [2.24, 2.45) is 0 Å². The van der Waals surface area contributed by atoms with Crippen LogP contribution in [0.15, 0.2) is 22.9 Å². The Balaban J connectivity index is 1.87. The Hall–Kier alpha value is -0.900. The molecule has 3 heterocycles. The summed E-state index contributed by atoms with van der Waals surface area (Å²) in [5.41, 5.74) is 3.13. The zero-order chi connectivity index (χ0) is 11.2. The summed E-state index contributed by atoms with van der Waals surface area (Å²) in [4.78, 5) is 2.64. The average Bonchev–Trinajstić information content (AvgIpc) is 2.83. The monoisotopic (exact) mass is 244 g/mol. The fourth-order valence-electron chi connectivity index (χ4n) is 3.19. The summed E-state index contributed by atoms with van der Waals surface area (Å²) in [7, 11) is 0. The standard InChI is InChI=1S/C14H16N2S/c1-3-16-4-2-15-7-14(16)13-6-12-9-17-8-11(12)5-10(1)13/h5-6,8-9,14-15H,1-4,7H2. The number of benzene rings is 1. The third-order valence-corrected chi connectivity index (χ3v) is 4.90. The van der Waals surface area contributed by atoms with Gasteiger partial charge in [-0.25, -0.2) is 0 Å². The fourth-order valence-corrected chi connectivity index (χ4v) is 3.96. The van der Waals surface area contributed by atoms with Crippen LogP contribution in [0.5, 0.6) is 0 Å². The Bertz CT molecular complexity index is 560. The summed E-state index contributed by atoms with van der Waals surface area (Å²) in [6.07, 6.45) is 1.22. The van der Waals surface area contributed by atoms with Gasteiger partial charge < -0.3 is 5.32 Å². The normalized spacial score (nSPS) is 24.6. The van der Waals surface area contributed by atoms with Crippen LogP contribution >= 0.6 is 11.3 Å². The minimum Gasteiger partial charge on any atom is -0.314 e. The SMILES string of the molecule is c1scc2cc3c(cc12)CCN1CCNCC31. The molecule has 1 aromatic carbocycles. The first-order valence-electron chi connectivity index (χ1n) is 6.35. The molecule has 0 spiro atoms. The highest BCUT2D eigenvalue weighted by Crippen LogP contribution is 2.34. The molecular weight excluding hydrogens is 228 g/mol. The zero-order valence-corrected chi connectivity index (χ0v) is 10.6. The van der Waals surface area contributed by atoms with Gasteiger partial charge in [-0.3, -0.25) is 4.90 Å². The number of piperazine rings is 1. The van der Waals surface area contributed by atoms with E-state index in [9.17, 15) is 0 Å². The first-order chi connectivity index (χ1) is 8.42. The Labute approximate surface area is 105 Å². The van der Waals surface area contributed by atoms with Gasteiger partial charge in [-0.1, -0.05) is 0 Å². The van der Waals surface area contributed by atoms with Crippen molar-refractivity contribution in [2.45, 2.75) is 12.5 Å². The van der Waals surface area contributed by atoms with E-state index in [-0.39, 0.29) is 0 Å². The van der Waals surface area contributed by atoms with E-state index < -0.39 is 0 Å². The maximum absolute atomic E-state index is 3.53. The molecule has 0 radical (unpaired) electrons. The van der Waals surface area contributed by atoms with Crippen LogP contribution in [0.4, 0.5) is 0 Å². The molecule has 0 bridgehead atoms. The van der Waals surface area contributed by atoms with Crippen molar-refractivity contribution in [3.63, 3.8) is 0 Å². The van der Waals surface area contributed by atoms with E-state index in [2.05, 4.69) is 33.1 Å². The number of nitrogens with zero attached hydrogens (tertiary/aromatic N) is 1. The van der Waals surface area contributed by atoms with Crippen LogP contribution in [-0.2, 0) is 6.42 Å². The van der Waals surface area contributed by atoms with Crippen molar-refractivity contribution in [1.29, 1.82) is 0 Å². The molecule has 4 rings (SSSR count). The lowest BCUT2D eigenvalue weighted by molar-refractivity contribution is 0.152. The molecule has 1 unspecified atom stereocenters. The topological polar surface area (TPSA) is 15.3 Å². The van der Waals surface area contributed by atoms with Crippen molar-refractivity contribution in [3.05, 3.63) is 34.0 Å². The lowest BCUT2D eigenvalue weighted by Gasteiger charge is -2.41. The van der Waals surface area contributed by atoms with Crippen molar-refractivity contribution >= 4 is 22.1 Å². The predicted molar refractivity (Wildman–Crippen MR) is 72.7 cm³/mol. The van der Waals surface area contributed by atoms with Gasteiger partial charge in [0.25, 0.3) is 0 Å². The van der Waals surface area contributed by atoms with Crippen molar-refractivity contribution < 1.29 is 0 Å². The van der Waals surface area contributed by atoms with Gasteiger partial charge in [0.1, 0.15) is 0 Å². The van der Waals surface area contributed by atoms with Gasteiger partial charge in [0.2, 0.25) is 0 Å². The fraction of sp³-hybridized carbons (Fsp3) is 0.429. The van der Waals surface area contributed by atoms with Gasteiger partial charge in [0.15, 0.2) is 0 Å². The molecule has 0 amide bonds. The van der Waals surface area contributed by atoms with Crippen LogP contribution in [0.1, 0.15) is 17.2 Å². The Morgan fingerprint density at radius 1 is 1.18 bits per heavy atom. The van der Waals surface area contributed by atoms with Gasteiger partial charge in [0.05, 0.1) is 0 Å². The van der Waals surface area contributed by atoms with Crippen LogP contribution in [0.3, 0.4) is 0 Å². The highest BCUT2D eigenvalue weighted by molar-refractivity contribution is 7.09. The molecule has 1 N–H and O–H groups in total. The maximum atomic E-state index is 3.53. The van der Waals surface area contributed by atoms with Crippen molar-refractivity contribution in [3.8, 4) is 0 Å². The molecule has 1 aromatic heterocycles. The number of thiophene rings is 1. The second-order valence-electron chi connectivity index (χ2n) is 5.06. The predicted octanol–water partition coefficient (Wildman–Crippen LogP) is 2.40. The molecule has 1 fully saturated rings. The molecule has 3 heteroatoms. The molecule has 2 aliphatic heterocycles. The summed E-state index contributed by atoms with van der Waals surface area (Å²) in [6.45, 7) is 4.69. The van der Waals surface area contributed by atoms with Crippen LogP contribution in [-0.4, -0.2) is 31.1 Å². The smallest absolute Gasteiger partial charge is 0.0476 e. The number of hydrogen-bond donors (Lipinski definition) is 1. The third-order valence-electron chi connectivity index (χ3n) is 4.12. The van der Waals surface area contributed by atoms with Crippen LogP contribution in [0.25, 0.3) is 10.8 Å². The van der Waals surface area contributed by atoms with E-state index in [1.165, 1.54) is 30.3 Å². The lowest BCUT2D eigenvalue weighted by Crippen LogP contribution is -2.48. The quantitative estimate of drug-likeness (QED) is 0.765. The van der Waals surface area contributed by atoms with Crippen LogP contribution in [0, 0.1) is 0 Å². The highest BCUT2D eigenvalue weighted by atomic mass is 32.1. The Morgan fingerprint density at radius 3 is 3.00 bits per heavy atom. The maximum Gasteiger partial charge on any atom is 0.0476 e. The summed E-state index contributed by atoms with van der Waals surface area (Å²) in [6, 6.07) is 5.44. The Kier molecular flexibility index (Phi) is 2.25. The van der Waals surface area contributed by atoms with E-state index in [1.807, 2.05) is 11.3 Å². The highest BCUT2D eigenvalue weighted by Gasteiger charge is 2.29. The molecule has 2 aliphatic rings. The van der Waals surface area contributed by atoms with E-state index >= 15 is 0 Å². The van der Waals surface area contributed by atoms with Crippen molar-refractivity contribution in [1.82, 2.24) is 10.2 Å². The minimum atomic E-state index is 0.608. The summed E-state index contributed by atoms with van der Waals surface area (Å²) < 4.78 is 0. The first-order valence-corrected chi connectivity index (χ1v) is 7.29. The van der Waals surface area contributed by atoms with Gasteiger partial charge in [-0.05, 0) is 51.2 Å². The van der Waals surface area contributed by atoms with Gasteiger partial charge in [-0.2, -0.15) is 11.3 Å². The molecular formula is C14H16N2S. The molecule has 2 aromatic rings. The number of fused-ring (bicyclic) bond motifs is 4. The van der Waals surface area contributed by atoms with Crippen LogP contribution < -0.4 is 5.32 Å². The van der Waals surface area contributed by atoms with E-state index in [0.29, 0.717) is 6.04 Å². The van der Waals surface area contributed by atoms with Crippen LogP contribution in [0.2, 0.25) is 0 Å².